The van der Waals surface area contributed by atoms with Gasteiger partial charge in [0.1, 0.15) is 5.54 Å². The van der Waals surface area contributed by atoms with E-state index >= 15 is 0 Å². The summed E-state index contributed by atoms with van der Waals surface area (Å²) >= 11 is 4.27. The molecular weight excluding hydrogens is 260 g/mol. The van der Waals surface area contributed by atoms with Crippen molar-refractivity contribution in [3.8, 4) is 0 Å². The summed E-state index contributed by atoms with van der Waals surface area (Å²) in [5.74, 6) is -0.236. The molecule has 0 spiro atoms. The first-order valence-corrected chi connectivity index (χ1v) is 6.68. The molecule has 1 N–H and O–H groups in total. The van der Waals surface area contributed by atoms with E-state index in [1.165, 1.54) is 0 Å². The summed E-state index contributed by atoms with van der Waals surface area (Å²) in [6, 6.07) is 5.47. The highest BCUT2D eigenvalue weighted by Gasteiger charge is 2.40. The van der Waals surface area contributed by atoms with Crippen molar-refractivity contribution in [3.05, 3.63) is 29.3 Å². The van der Waals surface area contributed by atoms with Gasteiger partial charge in [0.25, 0.3) is 5.91 Å². The van der Waals surface area contributed by atoms with Gasteiger partial charge in [0.15, 0.2) is 0 Å². The second-order valence-electron chi connectivity index (χ2n) is 5.27. The quantitative estimate of drug-likeness (QED) is 0.767. The third kappa shape index (κ3) is 2.47. The zero-order valence-corrected chi connectivity index (χ0v) is 12.3. The molecule has 0 atom stereocenters. The molecule has 0 aliphatic carbocycles. The first-order valence-electron chi connectivity index (χ1n) is 6.24. The summed E-state index contributed by atoms with van der Waals surface area (Å²) in [7, 11) is 0. The average Bonchev–Trinajstić information content (AvgIpc) is 2.35. The van der Waals surface area contributed by atoms with Gasteiger partial charge in [-0.05, 0) is 38.5 Å². The number of nitrogens with zero attached hydrogens (tertiary/aromatic N) is 1. The monoisotopic (exact) mass is 278 g/mol. The first kappa shape index (κ1) is 13.9. The maximum atomic E-state index is 12.6. The number of benzene rings is 1. The highest BCUT2D eigenvalue weighted by atomic mass is 32.1. The lowest BCUT2D eigenvalue weighted by Crippen LogP contribution is -2.63. The molecule has 1 fully saturated rings. The Bertz CT molecular complexity index is 540. The lowest BCUT2D eigenvalue weighted by atomic mass is 9.96. The number of carbonyl (C=O) groups is 2. The van der Waals surface area contributed by atoms with Gasteiger partial charge in [-0.15, -0.1) is 12.6 Å². The van der Waals surface area contributed by atoms with Crippen molar-refractivity contribution in [2.24, 2.45) is 0 Å². The van der Waals surface area contributed by atoms with Crippen molar-refractivity contribution in [1.82, 2.24) is 10.2 Å². The van der Waals surface area contributed by atoms with Crippen LogP contribution in [0.15, 0.2) is 23.1 Å². The minimum Gasteiger partial charge on any atom is -0.352 e. The predicted molar refractivity (Wildman–Crippen MR) is 76.6 cm³/mol. The van der Waals surface area contributed by atoms with Crippen molar-refractivity contribution < 1.29 is 9.59 Å². The van der Waals surface area contributed by atoms with E-state index in [1.807, 2.05) is 19.1 Å². The Balaban J connectivity index is 2.38. The highest BCUT2D eigenvalue weighted by molar-refractivity contribution is 7.80. The highest BCUT2D eigenvalue weighted by Crippen LogP contribution is 2.23. The van der Waals surface area contributed by atoms with Gasteiger partial charge in [-0.25, -0.2) is 0 Å². The molecule has 0 aromatic heterocycles. The van der Waals surface area contributed by atoms with Crippen LogP contribution in [0.2, 0.25) is 0 Å². The largest absolute Gasteiger partial charge is 0.352 e. The maximum Gasteiger partial charge on any atom is 0.255 e. The molecule has 5 heteroatoms. The lowest BCUT2D eigenvalue weighted by Gasteiger charge is -2.41. The number of nitrogens with one attached hydrogen (secondary N) is 1. The Morgan fingerprint density at radius 1 is 1.42 bits per heavy atom. The normalized spacial score (nSPS) is 18.1. The molecule has 102 valence electrons. The molecule has 0 saturated carbocycles. The van der Waals surface area contributed by atoms with Crippen LogP contribution in [0.4, 0.5) is 0 Å². The van der Waals surface area contributed by atoms with Crippen LogP contribution in [0.1, 0.15) is 29.8 Å². The van der Waals surface area contributed by atoms with Crippen LogP contribution in [0, 0.1) is 6.92 Å². The zero-order chi connectivity index (χ0) is 14.2. The first-order chi connectivity index (χ1) is 8.84. The number of carbonyl (C=O) groups excluding carboxylic acids is 2. The summed E-state index contributed by atoms with van der Waals surface area (Å²) in [5, 5.41) is 2.79. The number of aryl methyl sites for hydroxylation is 1. The van der Waals surface area contributed by atoms with E-state index in [0.29, 0.717) is 18.7 Å². The zero-order valence-electron chi connectivity index (χ0n) is 11.4. The van der Waals surface area contributed by atoms with Crippen molar-refractivity contribution in [2.45, 2.75) is 31.2 Å². The van der Waals surface area contributed by atoms with Gasteiger partial charge in [-0.1, -0.05) is 6.07 Å². The number of thiol groups is 1. The van der Waals surface area contributed by atoms with Crippen LogP contribution in [-0.2, 0) is 4.79 Å². The molecule has 2 rings (SSSR count). The topological polar surface area (TPSA) is 49.4 Å². The van der Waals surface area contributed by atoms with Crippen molar-refractivity contribution in [1.29, 1.82) is 0 Å². The molecule has 1 aromatic rings. The van der Waals surface area contributed by atoms with E-state index in [9.17, 15) is 9.59 Å². The molecule has 0 unspecified atom stereocenters. The molecule has 1 aliphatic rings. The van der Waals surface area contributed by atoms with E-state index < -0.39 is 5.54 Å². The number of hydrogen-bond acceptors (Lipinski definition) is 3. The smallest absolute Gasteiger partial charge is 0.255 e. The fourth-order valence-corrected chi connectivity index (χ4v) is 2.44. The van der Waals surface area contributed by atoms with E-state index in [4.69, 9.17) is 0 Å². The van der Waals surface area contributed by atoms with Crippen LogP contribution >= 0.6 is 12.6 Å². The van der Waals surface area contributed by atoms with Crippen molar-refractivity contribution in [2.75, 3.05) is 13.1 Å². The molecular formula is C14H18N2O2S. The Morgan fingerprint density at radius 3 is 2.79 bits per heavy atom. The third-order valence-electron chi connectivity index (χ3n) is 3.55. The predicted octanol–water partition coefficient (Wildman–Crippen LogP) is 1.63. The maximum absolute atomic E-state index is 12.6. The fourth-order valence-electron chi connectivity index (χ4n) is 2.24. The SMILES string of the molecule is Cc1ccc(S)cc1C(=O)N1CCNC(=O)C1(C)C. The molecule has 1 aromatic carbocycles. The minimum absolute atomic E-state index is 0.117. The van der Waals surface area contributed by atoms with Crippen LogP contribution in [0.25, 0.3) is 0 Å². The van der Waals surface area contributed by atoms with Crippen LogP contribution in [-0.4, -0.2) is 35.3 Å². The van der Waals surface area contributed by atoms with Crippen LogP contribution < -0.4 is 5.32 Å². The van der Waals surface area contributed by atoms with Gasteiger partial charge in [0.05, 0.1) is 0 Å². The minimum atomic E-state index is -0.825. The van der Waals surface area contributed by atoms with Gasteiger partial charge in [0.2, 0.25) is 5.91 Å². The number of rotatable bonds is 1. The summed E-state index contributed by atoms with van der Waals surface area (Å²) < 4.78 is 0. The summed E-state index contributed by atoms with van der Waals surface area (Å²) in [6.45, 7) is 6.43. The molecule has 2 amide bonds. The molecule has 4 nitrogen and oxygen atoms in total. The van der Waals surface area contributed by atoms with E-state index in [1.54, 1.807) is 24.8 Å². The second kappa shape index (κ2) is 4.89. The van der Waals surface area contributed by atoms with Gasteiger partial charge in [-0.3, -0.25) is 9.59 Å². The molecule has 0 bridgehead atoms. The second-order valence-corrected chi connectivity index (χ2v) is 5.79. The summed E-state index contributed by atoms with van der Waals surface area (Å²) in [4.78, 5) is 26.9. The van der Waals surface area contributed by atoms with Gasteiger partial charge in [-0.2, -0.15) is 0 Å². The van der Waals surface area contributed by atoms with E-state index in [0.717, 1.165) is 10.5 Å². The van der Waals surface area contributed by atoms with Gasteiger partial charge in [0, 0.05) is 23.5 Å². The Morgan fingerprint density at radius 2 is 2.11 bits per heavy atom. The standard InChI is InChI=1S/C14H18N2O2S/c1-9-4-5-10(19)8-11(9)12(17)16-7-6-15-13(18)14(16,2)3/h4-5,8,19H,6-7H2,1-3H3,(H,15,18). The van der Waals surface area contributed by atoms with Crippen LogP contribution in [0.5, 0.6) is 0 Å². The Kier molecular flexibility index (Phi) is 3.58. The molecule has 1 heterocycles. The Hall–Kier alpha value is -1.49. The lowest BCUT2D eigenvalue weighted by molar-refractivity contribution is -0.133. The van der Waals surface area contributed by atoms with Gasteiger partial charge >= 0.3 is 0 Å². The molecule has 1 saturated heterocycles. The van der Waals surface area contributed by atoms with E-state index in [2.05, 4.69) is 17.9 Å². The van der Waals surface area contributed by atoms with Crippen molar-refractivity contribution in [3.63, 3.8) is 0 Å². The van der Waals surface area contributed by atoms with Crippen LogP contribution in [0.3, 0.4) is 0 Å². The van der Waals surface area contributed by atoms with Gasteiger partial charge < -0.3 is 10.2 Å². The summed E-state index contributed by atoms with van der Waals surface area (Å²) in [5.41, 5.74) is 0.675. The number of hydrogen-bond donors (Lipinski definition) is 2. The molecule has 1 aliphatic heterocycles. The number of piperazine rings is 1. The third-order valence-corrected chi connectivity index (χ3v) is 3.83. The average molecular weight is 278 g/mol. The number of amides is 2. The van der Waals surface area contributed by atoms with Crippen molar-refractivity contribution >= 4 is 24.4 Å². The van der Waals surface area contributed by atoms with E-state index in [-0.39, 0.29) is 11.8 Å². The summed E-state index contributed by atoms with van der Waals surface area (Å²) in [6.07, 6.45) is 0. The molecule has 0 radical (unpaired) electrons. The molecule has 19 heavy (non-hydrogen) atoms. The Labute approximate surface area is 118 Å². The fraction of sp³-hybridized carbons (Fsp3) is 0.429.